The molecule has 2 aromatic carbocycles. The first-order valence-electron chi connectivity index (χ1n) is 5.97. The highest BCUT2D eigenvalue weighted by atomic mass is 79.9. The van der Waals surface area contributed by atoms with Gasteiger partial charge in [-0.3, -0.25) is 4.79 Å². The molecule has 0 bridgehead atoms. The Bertz CT molecular complexity index is 713. The van der Waals surface area contributed by atoms with Crippen molar-refractivity contribution in [2.75, 3.05) is 11.9 Å². The van der Waals surface area contributed by atoms with Crippen molar-refractivity contribution in [3.05, 3.63) is 58.3 Å². The van der Waals surface area contributed by atoms with Gasteiger partial charge in [0.2, 0.25) is 0 Å². The molecule has 0 atom stereocenters. The summed E-state index contributed by atoms with van der Waals surface area (Å²) in [5.74, 6) is -0.734. The fourth-order valence-corrected chi connectivity index (χ4v) is 2.02. The summed E-state index contributed by atoms with van der Waals surface area (Å²) < 4.78 is 19.2. The van der Waals surface area contributed by atoms with Crippen molar-refractivity contribution in [1.82, 2.24) is 0 Å². The third kappa shape index (κ3) is 3.80. The molecule has 2 aromatic rings. The van der Waals surface area contributed by atoms with E-state index < -0.39 is 11.7 Å². The highest BCUT2D eigenvalue weighted by Crippen LogP contribution is 2.21. The summed E-state index contributed by atoms with van der Waals surface area (Å²) >= 11 is 3.03. The summed E-state index contributed by atoms with van der Waals surface area (Å²) in [6.07, 6.45) is 0. The minimum Gasteiger partial charge on any atom is -0.479 e. The van der Waals surface area contributed by atoms with Gasteiger partial charge in [-0.25, -0.2) is 4.39 Å². The van der Waals surface area contributed by atoms with E-state index in [-0.39, 0.29) is 16.6 Å². The Hall–Kier alpha value is -2.39. The van der Waals surface area contributed by atoms with Gasteiger partial charge in [-0.05, 0) is 40.2 Å². The Morgan fingerprint density at radius 1 is 1.33 bits per heavy atom. The number of rotatable bonds is 4. The summed E-state index contributed by atoms with van der Waals surface area (Å²) in [6.45, 7) is -0.0857. The molecular formula is C15H10BrFN2O2. The molecule has 0 spiro atoms. The van der Waals surface area contributed by atoms with Crippen LogP contribution in [0, 0.1) is 17.1 Å². The minimum atomic E-state index is -0.619. The molecule has 0 aromatic heterocycles. The molecule has 0 fully saturated rings. The fraction of sp³-hybridized carbons (Fsp3) is 0.0667. The van der Waals surface area contributed by atoms with Crippen LogP contribution in [0.1, 0.15) is 10.4 Å². The van der Waals surface area contributed by atoms with Crippen LogP contribution in [0.4, 0.5) is 10.1 Å². The number of nitrogens with one attached hydrogen (secondary N) is 1. The third-order valence-corrected chi connectivity index (χ3v) is 3.20. The van der Waals surface area contributed by atoms with E-state index >= 15 is 0 Å². The highest BCUT2D eigenvalue weighted by Gasteiger charge is 2.14. The third-order valence-electron chi connectivity index (χ3n) is 2.59. The molecule has 0 saturated carbocycles. The molecule has 0 radical (unpaired) electrons. The second-order valence-electron chi connectivity index (χ2n) is 4.03. The van der Waals surface area contributed by atoms with Crippen molar-refractivity contribution in [2.45, 2.75) is 0 Å². The maximum atomic E-state index is 13.8. The van der Waals surface area contributed by atoms with Crippen molar-refractivity contribution in [3.8, 4) is 11.8 Å². The van der Waals surface area contributed by atoms with Crippen LogP contribution in [-0.2, 0) is 0 Å². The number of nitrogens with zero attached hydrogens (tertiary/aromatic N) is 1. The average molecular weight is 349 g/mol. The van der Waals surface area contributed by atoms with Crippen molar-refractivity contribution in [2.24, 2.45) is 0 Å². The van der Waals surface area contributed by atoms with Crippen LogP contribution in [0.25, 0.3) is 0 Å². The van der Waals surface area contributed by atoms with Gasteiger partial charge in [-0.15, -0.1) is 0 Å². The number of carbonyl (C=O) groups is 1. The highest BCUT2D eigenvalue weighted by molar-refractivity contribution is 9.10. The van der Waals surface area contributed by atoms with Crippen LogP contribution >= 0.6 is 15.9 Å². The standard InChI is InChI=1S/C15H10BrFN2O2/c16-13-6-2-5-12(14(13)17)15(20)19-10-3-1-4-11(9-10)21-8-7-18/h1-6,9H,8H2,(H,19,20). The lowest BCUT2D eigenvalue weighted by Gasteiger charge is -2.08. The van der Waals surface area contributed by atoms with Crippen LogP contribution < -0.4 is 10.1 Å². The SMILES string of the molecule is N#CCOc1cccc(NC(=O)c2cccc(Br)c2F)c1. The van der Waals surface area contributed by atoms with E-state index in [1.165, 1.54) is 12.1 Å². The fourth-order valence-electron chi connectivity index (χ4n) is 1.66. The first-order chi connectivity index (χ1) is 10.1. The quantitative estimate of drug-likeness (QED) is 0.915. The topological polar surface area (TPSA) is 62.1 Å². The first kappa shape index (κ1) is 15.0. The predicted octanol–water partition coefficient (Wildman–Crippen LogP) is 3.74. The lowest BCUT2D eigenvalue weighted by molar-refractivity contribution is 0.102. The number of hydrogen-bond acceptors (Lipinski definition) is 3. The van der Waals surface area contributed by atoms with Crippen molar-refractivity contribution in [1.29, 1.82) is 5.26 Å². The number of halogens is 2. The minimum absolute atomic E-state index is 0.0623. The molecule has 1 N–H and O–H groups in total. The number of benzene rings is 2. The summed E-state index contributed by atoms with van der Waals surface area (Å²) in [6, 6.07) is 12.9. The Kier molecular flexibility index (Phi) is 4.90. The first-order valence-corrected chi connectivity index (χ1v) is 6.76. The zero-order valence-corrected chi connectivity index (χ0v) is 12.4. The van der Waals surface area contributed by atoms with Gasteiger partial charge in [0.05, 0.1) is 10.0 Å². The number of nitriles is 1. The largest absolute Gasteiger partial charge is 0.479 e. The van der Waals surface area contributed by atoms with Gasteiger partial charge >= 0.3 is 0 Å². The van der Waals surface area contributed by atoms with Gasteiger partial charge < -0.3 is 10.1 Å². The van der Waals surface area contributed by atoms with Crippen molar-refractivity contribution >= 4 is 27.5 Å². The molecule has 0 heterocycles. The van der Waals surface area contributed by atoms with Crippen molar-refractivity contribution < 1.29 is 13.9 Å². The Morgan fingerprint density at radius 3 is 2.86 bits per heavy atom. The monoisotopic (exact) mass is 348 g/mol. The van der Waals surface area contributed by atoms with Crippen LogP contribution in [0.3, 0.4) is 0 Å². The zero-order chi connectivity index (χ0) is 15.2. The molecule has 0 saturated heterocycles. The van der Waals surface area contributed by atoms with Gasteiger partial charge in [0.1, 0.15) is 17.6 Å². The molecular weight excluding hydrogens is 339 g/mol. The van der Waals surface area contributed by atoms with Gasteiger partial charge in [-0.1, -0.05) is 12.1 Å². The van der Waals surface area contributed by atoms with Crippen molar-refractivity contribution in [3.63, 3.8) is 0 Å². The summed E-state index contributed by atoms with van der Waals surface area (Å²) in [5.41, 5.74) is 0.391. The average Bonchev–Trinajstić information content (AvgIpc) is 2.48. The normalized spacial score (nSPS) is 9.76. The number of ether oxygens (including phenoxy) is 1. The van der Waals surface area contributed by atoms with Crippen LogP contribution in [0.5, 0.6) is 5.75 Å². The molecule has 4 nitrogen and oxygen atoms in total. The van der Waals surface area contributed by atoms with Crippen LogP contribution in [-0.4, -0.2) is 12.5 Å². The molecule has 21 heavy (non-hydrogen) atoms. The molecule has 6 heteroatoms. The predicted molar refractivity (Wildman–Crippen MR) is 79.6 cm³/mol. The second kappa shape index (κ2) is 6.86. The number of hydrogen-bond donors (Lipinski definition) is 1. The van der Waals surface area contributed by atoms with Crippen LogP contribution in [0.15, 0.2) is 46.9 Å². The second-order valence-corrected chi connectivity index (χ2v) is 4.88. The lowest BCUT2D eigenvalue weighted by Crippen LogP contribution is -2.14. The Labute approximate surface area is 129 Å². The van der Waals surface area contributed by atoms with Gasteiger partial charge in [0.15, 0.2) is 6.61 Å². The molecule has 0 aliphatic rings. The molecule has 0 aliphatic carbocycles. The van der Waals surface area contributed by atoms with E-state index in [4.69, 9.17) is 10.00 Å². The van der Waals surface area contributed by atoms with E-state index in [1.807, 2.05) is 6.07 Å². The molecule has 0 aliphatic heterocycles. The van der Waals surface area contributed by atoms with E-state index in [2.05, 4.69) is 21.2 Å². The maximum Gasteiger partial charge on any atom is 0.258 e. The van der Waals surface area contributed by atoms with Gasteiger partial charge in [-0.2, -0.15) is 5.26 Å². The van der Waals surface area contributed by atoms with E-state index in [0.29, 0.717) is 11.4 Å². The van der Waals surface area contributed by atoms with Gasteiger partial charge in [0.25, 0.3) is 5.91 Å². The lowest BCUT2D eigenvalue weighted by atomic mass is 10.2. The summed E-state index contributed by atoms with van der Waals surface area (Å²) in [4.78, 5) is 12.0. The summed E-state index contributed by atoms with van der Waals surface area (Å²) in [5, 5.41) is 11.0. The van der Waals surface area contributed by atoms with E-state index in [9.17, 15) is 9.18 Å². The zero-order valence-electron chi connectivity index (χ0n) is 10.8. The molecule has 106 valence electrons. The molecule has 0 unspecified atom stereocenters. The van der Waals surface area contributed by atoms with Crippen LogP contribution in [0.2, 0.25) is 0 Å². The molecule has 1 amide bonds. The van der Waals surface area contributed by atoms with Gasteiger partial charge in [0, 0.05) is 11.8 Å². The number of amides is 1. The van der Waals surface area contributed by atoms with E-state index in [0.717, 1.165) is 0 Å². The maximum absolute atomic E-state index is 13.8. The Balaban J connectivity index is 2.16. The smallest absolute Gasteiger partial charge is 0.258 e. The number of anilines is 1. The van der Waals surface area contributed by atoms with E-state index in [1.54, 1.807) is 30.3 Å². The Morgan fingerprint density at radius 2 is 2.10 bits per heavy atom. The number of carbonyl (C=O) groups excluding carboxylic acids is 1. The molecule has 2 rings (SSSR count). The summed E-state index contributed by atoms with van der Waals surface area (Å²) in [7, 11) is 0.